The lowest BCUT2D eigenvalue weighted by molar-refractivity contribution is -0.116. The van der Waals surface area contributed by atoms with Crippen LogP contribution in [0.5, 0.6) is 0 Å². The number of hydrogen-bond donors (Lipinski definition) is 3. The molecule has 0 saturated carbocycles. The first-order valence-electron chi connectivity index (χ1n) is 6.41. The molecule has 1 aliphatic heterocycles. The van der Waals surface area contributed by atoms with Gasteiger partial charge in [0.05, 0.1) is 0 Å². The second-order valence-electron chi connectivity index (χ2n) is 4.81. The third-order valence-electron chi connectivity index (χ3n) is 3.27. The quantitative estimate of drug-likeness (QED) is 0.775. The molecule has 0 saturated heterocycles. The van der Waals surface area contributed by atoms with Crippen molar-refractivity contribution >= 4 is 29.0 Å². The highest BCUT2D eigenvalue weighted by Gasteiger charge is 2.14. The van der Waals surface area contributed by atoms with Crippen molar-refractivity contribution in [1.82, 2.24) is 9.97 Å². The van der Waals surface area contributed by atoms with Crippen molar-refractivity contribution in [3.63, 3.8) is 0 Å². The highest BCUT2D eigenvalue weighted by molar-refractivity contribution is 5.94. The average molecular weight is 269 g/mol. The summed E-state index contributed by atoms with van der Waals surface area (Å²) in [5.41, 5.74) is 9.47. The van der Waals surface area contributed by atoms with Crippen molar-refractivity contribution in [2.24, 2.45) is 0 Å². The third-order valence-corrected chi connectivity index (χ3v) is 3.27. The van der Waals surface area contributed by atoms with Crippen molar-refractivity contribution in [3.05, 3.63) is 35.5 Å². The van der Waals surface area contributed by atoms with Crippen LogP contribution >= 0.6 is 0 Å². The molecule has 0 spiro atoms. The number of aromatic nitrogens is 2. The number of nitrogens with zero attached hydrogens (tertiary/aromatic N) is 2. The van der Waals surface area contributed by atoms with Gasteiger partial charge in [0, 0.05) is 29.6 Å². The van der Waals surface area contributed by atoms with Crippen LogP contribution in [-0.2, 0) is 11.2 Å². The number of nitrogens with two attached hydrogens (primary N) is 1. The van der Waals surface area contributed by atoms with Crippen LogP contribution in [0.2, 0.25) is 0 Å². The first kappa shape index (κ1) is 12.4. The van der Waals surface area contributed by atoms with Gasteiger partial charge in [0.25, 0.3) is 0 Å². The van der Waals surface area contributed by atoms with Crippen LogP contribution in [0, 0.1) is 6.92 Å². The maximum Gasteiger partial charge on any atom is 0.229 e. The third kappa shape index (κ3) is 2.40. The minimum Gasteiger partial charge on any atom is -0.383 e. The smallest absolute Gasteiger partial charge is 0.229 e. The SMILES string of the molecule is Cc1cnc(Nc2ccc3c(c2)CCC(=O)N3)nc1N. The number of hydrogen-bond acceptors (Lipinski definition) is 5. The normalized spacial score (nSPS) is 13.6. The van der Waals surface area contributed by atoms with E-state index in [-0.39, 0.29) is 5.91 Å². The molecule has 1 aromatic heterocycles. The number of amides is 1. The van der Waals surface area contributed by atoms with E-state index in [0.717, 1.165) is 28.9 Å². The predicted molar refractivity (Wildman–Crippen MR) is 77.9 cm³/mol. The molecule has 102 valence electrons. The Hall–Kier alpha value is -2.63. The van der Waals surface area contributed by atoms with Crippen molar-refractivity contribution in [2.45, 2.75) is 19.8 Å². The van der Waals surface area contributed by atoms with Gasteiger partial charge in [-0.15, -0.1) is 0 Å². The molecule has 0 bridgehead atoms. The first-order valence-corrected chi connectivity index (χ1v) is 6.41. The van der Waals surface area contributed by atoms with Crippen LogP contribution in [0.3, 0.4) is 0 Å². The molecule has 3 rings (SSSR count). The molecule has 6 heteroatoms. The van der Waals surface area contributed by atoms with Gasteiger partial charge in [0.15, 0.2) is 0 Å². The number of carbonyl (C=O) groups is 1. The van der Waals surface area contributed by atoms with E-state index in [2.05, 4.69) is 20.6 Å². The second kappa shape index (κ2) is 4.80. The van der Waals surface area contributed by atoms with E-state index in [0.29, 0.717) is 18.2 Å². The molecule has 0 fully saturated rings. The van der Waals surface area contributed by atoms with Gasteiger partial charge in [0.2, 0.25) is 11.9 Å². The predicted octanol–water partition coefficient (Wildman–Crippen LogP) is 2.00. The minimum absolute atomic E-state index is 0.0628. The molecule has 4 N–H and O–H groups in total. The monoisotopic (exact) mass is 269 g/mol. The number of nitrogens with one attached hydrogen (secondary N) is 2. The fourth-order valence-corrected chi connectivity index (χ4v) is 2.11. The molecular formula is C14H15N5O. The van der Waals surface area contributed by atoms with Gasteiger partial charge < -0.3 is 16.4 Å². The zero-order valence-electron chi connectivity index (χ0n) is 11.1. The van der Waals surface area contributed by atoms with Crippen molar-refractivity contribution < 1.29 is 4.79 Å². The van der Waals surface area contributed by atoms with E-state index in [1.54, 1.807) is 6.20 Å². The number of benzene rings is 1. The maximum atomic E-state index is 11.3. The lowest BCUT2D eigenvalue weighted by Crippen LogP contribution is -2.18. The lowest BCUT2D eigenvalue weighted by Gasteiger charge is -2.17. The fraction of sp³-hybridized carbons (Fsp3) is 0.214. The standard InChI is InChI=1S/C14H15N5O/c1-8-7-16-14(19-13(8)15)17-10-3-4-11-9(6-10)2-5-12(20)18-11/h3-4,6-7H,2,5H2,1H3,(H,18,20)(H3,15,16,17,19). The van der Waals surface area contributed by atoms with Crippen LogP contribution in [0.15, 0.2) is 24.4 Å². The van der Waals surface area contributed by atoms with Crippen LogP contribution in [0.4, 0.5) is 23.1 Å². The van der Waals surface area contributed by atoms with Crippen molar-refractivity contribution in [1.29, 1.82) is 0 Å². The molecule has 2 aromatic rings. The van der Waals surface area contributed by atoms with E-state index in [4.69, 9.17) is 5.73 Å². The number of aryl methyl sites for hydroxylation is 2. The van der Waals surface area contributed by atoms with E-state index in [1.807, 2.05) is 25.1 Å². The Kier molecular flexibility index (Phi) is 2.98. The largest absolute Gasteiger partial charge is 0.383 e. The van der Waals surface area contributed by atoms with Crippen LogP contribution in [0.1, 0.15) is 17.5 Å². The number of rotatable bonds is 2. The molecule has 0 atom stereocenters. The van der Waals surface area contributed by atoms with Gasteiger partial charge in [-0.3, -0.25) is 4.79 Å². The van der Waals surface area contributed by atoms with E-state index < -0.39 is 0 Å². The molecule has 1 aromatic carbocycles. The molecule has 6 nitrogen and oxygen atoms in total. The number of nitrogen functional groups attached to an aromatic ring is 1. The summed E-state index contributed by atoms with van der Waals surface area (Å²) < 4.78 is 0. The fourth-order valence-electron chi connectivity index (χ4n) is 2.11. The molecule has 0 unspecified atom stereocenters. The number of anilines is 4. The molecular weight excluding hydrogens is 254 g/mol. The van der Waals surface area contributed by atoms with Gasteiger partial charge in [-0.1, -0.05) is 0 Å². The Labute approximate surface area is 116 Å². The summed E-state index contributed by atoms with van der Waals surface area (Å²) in [4.78, 5) is 19.7. The van der Waals surface area contributed by atoms with Crippen molar-refractivity contribution in [2.75, 3.05) is 16.4 Å². The maximum absolute atomic E-state index is 11.3. The highest BCUT2D eigenvalue weighted by Crippen LogP contribution is 2.26. The van der Waals surface area contributed by atoms with Gasteiger partial charge in [-0.05, 0) is 37.1 Å². The van der Waals surface area contributed by atoms with Crippen molar-refractivity contribution in [3.8, 4) is 0 Å². The summed E-state index contributed by atoms with van der Waals surface area (Å²) >= 11 is 0. The van der Waals surface area contributed by atoms with Crippen LogP contribution < -0.4 is 16.4 Å². The Bertz CT molecular complexity index is 683. The lowest BCUT2D eigenvalue weighted by atomic mass is 10.0. The summed E-state index contributed by atoms with van der Waals surface area (Å²) in [6.07, 6.45) is 2.95. The summed E-state index contributed by atoms with van der Waals surface area (Å²) in [5, 5.41) is 5.97. The summed E-state index contributed by atoms with van der Waals surface area (Å²) in [6.45, 7) is 1.86. The molecule has 0 aliphatic carbocycles. The molecule has 0 radical (unpaired) electrons. The Balaban J connectivity index is 1.84. The summed E-state index contributed by atoms with van der Waals surface area (Å²) in [7, 11) is 0. The van der Waals surface area contributed by atoms with Crippen LogP contribution in [-0.4, -0.2) is 15.9 Å². The highest BCUT2D eigenvalue weighted by atomic mass is 16.1. The molecule has 1 amide bonds. The summed E-state index contributed by atoms with van der Waals surface area (Å²) in [5.74, 6) is 0.994. The first-order chi connectivity index (χ1) is 9.61. The Morgan fingerprint density at radius 2 is 2.20 bits per heavy atom. The Morgan fingerprint density at radius 3 is 3.00 bits per heavy atom. The minimum atomic E-state index is 0.0628. The Morgan fingerprint density at radius 1 is 1.35 bits per heavy atom. The van der Waals surface area contributed by atoms with E-state index in [1.165, 1.54) is 0 Å². The molecule has 20 heavy (non-hydrogen) atoms. The van der Waals surface area contributed by atoms with E-state index in [9.17, 15) is 4.79 Å². The van der Waals surface area contributed by atoms with E-state index >= 15 is 0 Å². The molecule has 1 aliphatic rings. The second-order valence-corrected chi connectivity index (χ2v) is 4.81. The zero-order valence-corrected chi connectivity index (χ0v) is 11.1. The zero-order chi connectivity index (χ0) is 14.1. The van der Waals surface area contributed by atoms with Gasteiger partial charge in [0.1, 0.15) is 5.82 Å². The number of carbonyl (C=O) groups excluding carboxylic acids is 1. The van der Waals surface area contributed by atoms with Crippen LogP contribution in [0.25, 0.3) is 0 Å². The van der Waals surface area contributed by atoms with Gasteiger partial charge in [-0.2, -0.15) is 4.98 Å². The topological polar surface area (TPSA) is 92.9 Å². The van der Waals surface area contributed by atoms with Gasteiger partial charge >= 0.3 is 0 Å². The summed E-state index contributed by atoms with van der Waals surface area (Å²) in [6, 6.07) is 5.75. The average Bonchev–Trinajstić information content (AvgIpc) is 2.43. The molecule has 2 heterocycles. The number of fused-ring (bicyclic) bond motifs is 1. The van der Waals surface area contributed by atoms with Gasteiger partial charge in [-0.25, -0.2) is 4.98 Å².